The highest BCUT2D eigenvalue weighted by Gasteiger charge is 2.07. The van der Waals surface area contributed by atoms with Crippen LogP contribution in [0.25, 0.3) is 0 Å². The van der Waals surface area contributed by atoms with Crippen molar-refractivity contribution in [3.8, 4) is 5.75 Å². The van der Waals surface area contributed by atoms with E-state index >= 15 is 0 Å². The Balaban J connectivity index is 1.78. The lowest BCUT2D eigenvalue weighted by atomic mass is 10.3. The topological polar surface area (TPSA) is 59.3 Å². The number of nitrogens with zero attached hydrogens (tertiary/aromatic N) is 2. The number of hydrogen-bond acceptors (Lipinski definition) is 4. The van der Waals surface area contributed by atoms with Crippen molar-refractivity contribution < 1.29 is 14.2 Å². The molecule has 1 heterocycles. The average Bonchev–Trinajstić information content (AvgIpc) is 2.79. The number of anilines is 1. The fraction of sp³-hybridized carbons (Fsp3) is 0.308. The standard InChI is InChI=1S/C13H15BrFN3O2/c1-18-7-11(5-17-18)16-6-12(19)8-20-13-3-9(14)2-10(15)4-13/h2-5,7,12,16,19H,6,8H2,1H3. The van der Waals surface area contributed by atoms with Crippen molar-refractivity contribution in [2.75, 3.05) is 18.5 Å². The van der Waals surface area contributed by atoms with Gasteiger partial charge in [0.1, 0.15) is 24.3 Å². The minimum atomic E-state index is -0.711. The van der Waals surface area contributed by atoms with E-state index in [0.29, 0.717) is 16.8 Å². The van der Waals surface area contributed by atoms with Crippen molar-refractivity contribution in [3.63, 3.8) is 0 Å². The molecule has 2 aromatic rings. The van der Waals surface area contributed by atoms with Gasteiger partial charge in [-0.25, -0.2) is 4.39 Å². The van der Waals surface area contributed by atoms with Gasteiger partial charge in [-0.1, -0.05) is 15.9 Å². The number of halogens is 2. The van der Waals surface area contributed by atoms with Gasteiger partial charge in [0.2, 0.25) is 0 Å². The van der Waals surface area contributed by atoms with Crippen LogP contribution in [0.5, 0.6) is 5.75 Å². The summed E-state index contributed by atoms with van der Waals surface area (Å²) in [6.07, 6.45) is 2.76. The predicted octanol–water partition coefficient (Wildman–Crippen LogP) is 2.17. The zero-order chi connectivity index (χ0) is 14.5. The van der Waals surface area contributed by atoms with Crippen LogP contribution in [0.4, 0.5) is 10.1 Å². The summed E-state index contributed by atoms with van der Waals surface area (Å²) in [6, 6.07) is 4.25. The van der Waals surface area contributed by atoms with Crippen molar-refractivity contribution in [2.45, 2.75) is 6.10 Å². The summed E-state index contributed by atoms with van der Waals surface area (Å²) in [6.45, 7) is 0.394. The molecule has 1 atom stereocenters. The van der Waals surface area contributed by atoms with Gasteiger partial charge in [0.05, 0.1) is 11.9 Å². The molecular formula is C13H15BrFN3O2. The third kappa shape index (κ3) is 4.50. The molecule has 0 aliphatic carbocycles. The van der Waals surface area contributed by atoms with Gasteiger partial charge < -0.3 is 15.2 Å². The van der Waals surface area contributed by atoms with Crippen LogP contribution in [0.2, 0.25) is 0 Å². The van der Waals surface area contributed by atoms with Gasteiger partial charge in [0.25, 0.3) is 0 Å². The molecule has 1 unspecified atom stereocenters. The zero-order valence-electron chi connectivity index (χ0n) is 10.9. The van der Waals surface area contributed by atoms with Gasteiger partial charge in [-0.05, 0) is 12.1 Å². The Morgan fingerprint density at radius 1 is 1.50 bits per heavy atom. The summed E-state index contributed by atoms with van der Waals surface area (Å²) < 4.78 is 20.7. The summed E-state index contributed by atoms with van der Waals surface area (Å²) in [7, 11) is 1.81. The van der Waals surface area contributed by atoms with Crippen LogP contribution >= 0.6 is 15.9 Å². The molecule has 0 bridgehead atoms. The van der Waals surface area contributed by atoms with Gasteiger partial charge in [-0.15, -0.1) is 0 Å². The largest absolute Gasteiger partial charge is 0.491 e. The van der Waals surface area contributed by atoms with E-state index < -0.39 is 11.9 Å². The molecule has 1 aromatic carbocycles. The highest BCUT2D eigenvalue weighted by Crippen LogP contribution is 2.20. The van der Waals surface area contributed by atoms with Gasteiger partial charge in [-0.3, -0.25) is 4.68 Å². The zero-order valence-corrected chi connectivity index (χ0v) is 12.5. The summed E-state index contributed by atoms with van der Waals surface area (Å²) >= 11 is 3.18. The number of aromatic nitrogens is 2. The first-order valence-corrected chi connectivity index (χ1v) is 6.82. The molecule has 0 saturated heterocycles. The molecule has 7 heteroatoms. The van der Waals surface area contributed by atoms with Gasteiger partial charge >= 0.3 is 0 Å². The summed E-state index contributed by atoms with van der Waals surface area (Å²) in [4.78, 5) is 0. The van der Waals surface area contributed by atoms with E-state index in [1.807, 2.05) is 7.05 Å². The lowest BCUT2D eigenvalue weighted by Gasteiger charge is -2.13. The van der Waals surface area contributed by atoms with E-state index in [4.69, 9.17) is 4.74 Å². The Kier molecular flexibility index (Phi) is 4.97. The maximum atomic E-state index is 13.1. The Bertz CT molecular complexity index is 556. The Labute approximate surface area is 124 Å². The van der Waals surface area contributed by atoms with Crippen molar-refractivity contribution in [1.82, 2.24) is 9.78 Å². The van der Waals surface area contributed by atoms with Crippen LogP contribution in [0.1, 0.15) is 0 Å². The second-order valence-corrected chi connectivity index (χ2v) is 5.27. The van der Waals surface area contributed by atoms with E-state index in [9.17, 15) is 9.50 Å². The van der Waals surface area contributed by atoms with E-state index in [2.05, 4.69) is 26.3 Å². The number of nitrogens with one attached hydrogen (secondary N) is 1. The van der Waals surface area contributed by atoms with E-state index in [-0.39, 0.29) is 6.61 Å². The second kappa shape index (κ2) is 6.71. The first-order chi connectivity index (χ1) is 9.52. The number of hydrogen-bond donors (Lipinski definition) is 2. The lowest BCUT2D eigenvalue weighted by Crippen LogP contribution is -2.26. The maximum absolute atomic E-state index is 13.1. The number of benzene rings is 1. The summed E-state index contributed by atoms with van der Waals surface area (Å²) in [5.74, 6) is -0.0188. The number of ether oxygens (including phenoxy) is 1. The second-order valence-electron chi connectivity index (χ2n) is 4.35. The SMILES string of the molecule is Cn1cc(NCC(O)COc2cc(F)cc(Br)c2)cn1. The Hall–Kier alpha value is -1.60. The summed E-state index contributed by atoms with van der Waals surface area (Å²) in [5.41, 5.74) is 0.819. The van der Waals surface area contributed by atoms with E-state index in [1.54, 1.807) is 23.1 Å². The molecule has 20 heavy (non-hydrogen) atoms. The van der Waals surface area contributed by atoms with Crippen LogP contribution in [-0.2, 0) is 7.05 Å². The third-order valence-electron chi connectivity index (χ3n) is 2.53. The van der Waals surface area contributed by atoms with Crippen molar-refractivity contribution in [1.29, 1.82) is 0 Å². The molecule has 2 N–H and O–H groups in total. The van der Waals surface area contributed by atoms with Gasteiger partial charge in [0, 0.05) is 30.3 Å². The normalized spacial score (nSPS) is 12.2. The van der Waals surface area contributed by atoms with Crippen molar-refractivity contribution in [2.24, 2.45) is 7.05 Å². The first-order valence-electron chi connectivity index (χ1n) is 6.02. The van der Waals surface area contributed by atoms with Crippen molar-refractivity contribution >= 4 is 21.6 Å². The smallest absolute Gasteiger partial charge is 0.128 e. The third-order valence-corrected chi connectivity index (χ3v) is 2.98. The highest BCUT2D eigenvalue weighted by molar-refractivity contribution is 9.10. The van der Waals surface area contributed by atoms with Gasteiger partial charge in [0.15, 0.2) is 0 Å². The molecule has 108 valence electrons. The minimum absolute atomic E-state index is 0.0726. The molecular weight excluding hydrogens is 329 g/mol. The van der Waals surface area contributed by atoms with Crippen LogP contribution in [-0.4, -0.2) is 34.1 Å². The fourth-order valence-corrected chi connectivity index (χ4v) is 2.06. The first kappa shape index (κ1) is 14.8. The highest BCUT2D eigenvalue weighted by atomic mass is 79.9. The van der Waals surface area contributed by atoms with Crippen LogP contribution in [0.15, 0.2) is 35.1 Å². The molecule has 0 fully saturated rings. The molecule has 0 radical (unpaired) electrons. The average molecular weight is 344 g/mol. The maximum Gasteiger partial charge on any atom is 0.128 e. The van der Waals surface area contributed by atoms with Crippen molar-refractivity contribution in [3.05, 3.63) is 40.9 Å². The molecule has 1 aromatic heterocycles. The lowest BCUT2D eigenvalue weighted by molar-refractivity contribution is 0.117. The molecule has 2 rings (SSSR count). The molecule has 0 spiro atoms. The Morgan fingerprint density at radius 2 is 2.30 bits per heavy atom. The van der Waals surface area contributed by atoms with E-state index in [1.165, 1.54) is 12.1 Å². The number of aliphatic hydroxyl groups excluding tert-OH is 1. The van der Waals surface area contributed by atoms with Crippen LogP contribution in [0.3, 0.4) is 0 Å². The molecule has 0 saturated carbocycles. The fourth-order valence-electron chi connectivity index (χ4n) is 1.61. The van der Waals surface area contributed by atoms with Gasteiger partial charge in [-0.2, -0.15) is 5.10 Å². The molecule has 0 amide bonds. The quantitative estimate of drug-likeness (QED) is 0.843. The molecule has 0 aliphatic heterocycles. The number of aryl methyl sites for hydroxylation is 1. The molecule has 5 nitrogen and oxygen atoms in total. The summed E-state index contributed by atoms with van der Waals surface area (Å²) in [5, 5.41) is 16.8. The number of rotatable bonds is 6. The molecule has 0 aliphatic rings. The van der Waals surface area contributed by atoms with Crippen LogP contribution in [0, 0.1) is 5.82 Å². The predicted molar refractivity (Wildman–Crippen MR) is 77.3 cm³/mol. The monoisotopic (exact) mass is 343 g/mol. The Morgan fingerprint density at radius 3 is 2.95 bits per heavy atom. The number of aliphatic hydroxyl groups is 1. The van der Waals surface area contributed by atoms with Crippen LogP contribution < -0.4 is 10.1 Å². The minimum Gasteiger partial charge on any atom is -0.491 e. The van der Waals surface area contributed by atoms with E-state index in [0.717, 1.165) is 5.69 Å².